The van der Waals surface area contributed by atoms with Crippen LogP contribution in [0.3, 0.4) is 0 Å². The molecule has 18 heavy (non-hydrogen) atoms. The molecule has 0 unspecified atom stereocenters. The van der Waals surface area contributed by atoms with E-state index < -0.39 is 36.2 Å². The van der Waals surface area contributed by atoms with E-state index in [4.69, 9.17) is 5.11 Å². The zero-order valence-corrected chi connectivity index (χ0v) is 8.59. The molecule has 0 aromatic carbocycles. The Balaban J connectivity index is 3.01. The van der Waals surface area contributed by atoms with Crippen molar-refractivity contribution in [3.8, 4) is 0 Å². The number of rotatable bonds is 3. The Morgan fingerprint density at radius 2 is 1.61 bits per heavy atom. The number of hydrogen-bond acceptors (Lipinski definition) is 3. The molecule has 0 fully saturated rings. The minimum absolute atomic E-state index is 0.498. The van der Waals surface area contributed by atoms with Crippen molar-refractivity contribution >= 4 is 0 Å². The van der Waals surface area contributed by atoms with Gasteiger partial charge in [0.25, 0.3) is 5.60 Å². The molecule has 0 saturated carbocycles. The van der Waals surface area contributed by atoms with Gasteiger partial charge in [0.05, 0.1) is 6.26 Å². The Morgan fingerprint density at radius 1 is 1.11 bits per heavy atom. The average molecular weight is 278 g/mol. The van der Waals surface area contributed by atoms with E-state index in [1.807, 2.05) is 0 Å². The van der Waals surface area contributed by atoms with Crippen molar-refractivity contribution in [2.24, 2.45) is 0 Å². The van der Waals surface area contributed by atoms with Gasteiger partial charge in [0.1, 0.15) is 11.9 Å². The fourth-order valence-corrected chi connectivity index (χ4v) is 1.25. The third kappa shape index (κ3) is 2.61. The van der Waals surface area contributed by atoms with Gasteiger partial charge >= 0.3 is 12.4 Å². The Labute approximate surface area is 96.6 Å². The summed E-state index contributed by atoms with van der Waals surface area (Å²) in [5.74, 6) is -0.498. The van der Waals surface area contributed by atoms with E-state index in [1.165, 1.54) is 6.07 Å². The largest absolute Gasteiger partial charge is 0.467 e. The second kappa shape index (κ2) is 4.47. The zero-order valence-electron chi connectivity index (χ0n) is 8.59. The first-order valence-corrected chi connectivity index (χ1v) is 4.56. The predicted octanol–water partition coefficient (Wildman–Crippen LogP) is 2.56. The van der Waals surface area contributed by atoms with E-state index in [2.05, 4.69) is 4.42 Å². The van der Waals surface area contributed by atoms with Gasteiger partial charge in [-0.1, -0.05) is 0 Å². The molecule has 0 saturated heterocycles. The van der Waals surface area contributed by atoms with Gasteiger partial charge in [-0.3, -0.25) is 0 Å². The summed E-state index contributed by atoms with van der Waals surface area (Å²) in [6.07, 6.45) is -15.2. The summed E-state index contributed by atoms with van der Waals surface area (Å²) in [4.78, 5) is 0. The van der Waals surface area contributed by atoms with Gasteiger partial charge < -0.3 is 14.6 Å². The molecule has 1 rings (SSSR count). The van der Waals surface area contributed by atoms with E-state index in [9.17, 15) is 31.4 Å². The number of alkyl halides is 6. The molecular weight excluding hydrogens is 270 g/mol. The molecule has 3 nitrogen and oxygen atoms in total. The first-order chi connectivity index (χ1) is 7.99. The molecule has 1 heterocycles. The molecule has 0 aliphatic carbocycles. The van der Waals surface area contributed by atoms with Gasteiger partial charge in [-0.2, -0.15) is 26.3 Å². The van der Waals surface area contributed by atoms with E-state index in [0.717, 1.165) is 12.3 Å². The lowest BCUT2D eigenvalue weighted by molar-refractivity contribution is -0.374. The van der Waals surface area contributed by atoms with Crippen LogP contribution in [0.4, 0.5) is 26.3 Å². The highest BCUT2D eigenvalue weighted by atomic mass is 19.4. The first-order valence-electron chi connectivity index (χ1n) is 4.56. The van der Waals surface area contributed by atoms with Gasteiger partial charge in [-0.15, -0.1) is 0 Å². The van der Waals surface area contributed by atoms with E-state index in [0.29, 0.717) is 0 Å². The van der Waals surface area contributed by atoms with Crippen LogP contribution in [0.15, 0.2) is 22.8 Å². The standard InChI is InChI=1S/C9H8F6O3/c10-8(11,12)7(17,9(13,14)15)4-5(16)6-2-1-3-18-6/h1-3,5,16-17H,4H2/t5-/m0/s1. The Bertz CT molecular complexity index is 366. The lowest BCUT2D eigenvalue weighted by Crippen LogP contribution is -2.57. The third-order valence-electron chi connectivity index (χ3n) is 2.30. The van der Waals surface area contributed by atoms with Crippen LogP contribution in [0.25, 0.3) is 0 Å². The summed E-state index contributed by atoms with van der Waals surface area (Å²) < 4.78 is 78.2. The van der Waals surface area contributed by atoms with Crippen LogP contribution >= 0.6 is 0 Å². The Morgan fingerprint density at radius 3 is 1.94 bits per heavy atom. The predicted molar refractivity (Wildman–Crippen MR) is 45.3 cm³/mol. The van der Waals surface area contributed by atoms with Crippen LogP contribution in [0, 0.1) is 0 Å². The number of aliphatic hydroxyl groups is 2. The van der Waals surface area contributed by atoms with Crippen molar-refractivity contribution in [1.29, 1.82) is 0 Å². The van der Waals surface area contributed by atoms with Crippen molar-refractivity contribution < 1.29 is 41.0 Å². The van der Waals surface area contributed by atoms with Crippen LogP contribution < -0.4 is 0 Å². The second-order valence-electron chi connectivity index (χ2n) is 3.59. The quantitative estimate of drug-likeness (QED) is 0.835. The molecule has 104 valence electrons. The monoisotopic (exact) mass is 278 g/mol. The smallest absolute Gasteiger partial charge is 0.426 e. The van der Waals surface area contributed by atoms with Crippen molar-refractivity contribution in [2.45, 2.75) is 30.5 Å². The fourth-order valence-electron chi connectivity index (χ4n) is 1.25. The summed E-state index contributed by atoms with van der Waals surface area (Å²) in [6, 6.07) is 2.18. The molecule has 2 N–H and O–H groups in total. The summed E-state index contributed by atoms with van der Waals surface area (Å²) in [6.45, 7) is 0. The summed E-state index contributed by atoms with van der Waals surface area (Å²) >= 11 is 0. The number of aliphatic hydroxyl groups excluding tert-OH is 1. The van der Waals surface area contributed by atoms with Crippen molar-refractivity contribution in [2.75, 3.05) is 0 Å². The van der Waals surface area contributed by atoms with Crippen molar-refractivity contribution in [1.82, 2.24) is 0 Å². The fraction of sp³-hybridized carbons (Fsp3) is 0.556. The maximum atomic E-state index is 12.3. The molecule has 0 radical (unpaired) electrons. The van der Waals surface area contributed by atoms with E-state index in [1.54, 1.807) is 0 Å². The Kier molecular flexibility index (Phi) is 3.68. The zero-order chi connectivity index (χ0) is 14.2. The van der Waals surface area contributed by atoms with Gasteiger partial charge in [-0.25, -0.2) is 0 Å². The lowest BCUT2D eigenvalue weighted by Gasteiger charge is -2.33. The van der Waals surface area contributed by atoms with Crippen LogP contribution in [-0.2, 0) is 0 Å². The normalized spacial score (nSPS) is 15.8. The molecule has 1 aromatic heterocycles. The lowest BCUT2D eigenvalue weighted by atomic mass is 9.93. The third-order valence-corrected chi connectivity index (χ3v) is 2.30. The highest BCUT2D eigenvalue weighted by molar-refractivity contribution is 5.06. The van der Waals surface area contributed by atoms with Crippen molar-refractivity contribution in [3.05, 3.63) is 24.2 Å². The topological polar surface area (TPSA) is 53.6 Å². The van der Waals surface area contributed by atoms with Crippen LogP contribution in [0.2, 0.25) is 0 Å². The summed E-state index contributed by atoms with van der Waals surface area (Å²) in [5.41, 5.74) is -4.99. The van der Waals surface area contributed by atoms with E-state index >= 15 is 0 Å². The molecule has 1 atom stereocenters. The minimum Gasteiger partial charge on any atom is -0.467 e. The maximum absolute atomic E-state index is 12.3. The molecule has 1 aromatic rings. The molecular formula is C9H8F6O3. The average Bonchev–Trinajstić information content (AvgIpc) is 2.66. The van der Waals surface area contributed by atoms with Crippen LogP contribution in [-0.4, -0.2) is 28.2 Å². The molecule has 0 aliphatic rings. The highest BCUT2D eigenvalue weighted by Crippen LogP contribution is 2.47. The number of halogens is 6. The first kappa shape index (κ1) is 14.8. The number of furan rings is 1. The molecule has 0 bridgehead atoms. The molecule has 0 aliphatic heterocycles. The Hall–Kier alpha value is -1.22. The molecule has 0 amide bonds. The van der Waals surface area contributed by atoms with Crippen LogP contribution in [0.1, 0.15) is 18.3 Å². The van der Waals surface area contributed by atoms with Gasteiger partial charge in [0.2, 0.25) is 0 Å². The maximum Gasteiger partial charge on any atom is 0.426 e. The molecule has 0 spiro atoms. The number of hydrogen-bond donors (Lipinski definition) is 2. The molecule has 9 heteroatoms. The second-order valence-corrected chi connectivity index (χ2v) is 3.59. The highest BCUT2D eigenvalue weighted by Gasteiger charge is 2.70. The van der Waals surface area contributed by atoms with Gasteiger partial charge in [0, 0.05) is 6.42 Å². The van der Waals surface area contributed by atoms with Gasteiger partial charge in [-0.05, 0) is 12.1 Å². The van der Waals surface area contributed by atoms with Gasteiger partial charge in [0.15, 0.2) is 0 Å². The summed E-state index contributed by atoms with van der Waals surface area (Å²) in [7, 11) is 0. The van der Waals surface area contributed by atoms with Crippen LogP contribution in [0.5, 0.6) is 0 Å². The summed E-state index contributed by atoms with van der Waals surface area (Å²) in [5, 5.41) is 18.0. The minimum atomic E-state index is -5.96. The van der Waals surface area contributed by atoms with E-state index in [-0.39, 0.29) is 0 Å². The van der Waals surface area contributed by atoms with Crippen molar-refractivity contribution in [3.63, 3.8) is 0 Å². The SMILES string of the molecule is O[C@@H](CC(O)(C(F)(F)F)C(F)(F)F)c1ccco1.